The number of fused-ring (bicyclic) bond motifs is 1. The summed E-state index contributed by atoms with van der Waals surface area (Å²) in [6.45, 7) is 3.27. The van der Waals surface area contributed by atoms with Crippen LogP contribution in [-0.2, 0) is 16.1 Å². The lowest BCUT2D eigenvalue weighted by Crippen LogP contribution is -2.52. The first kappa shape index (κ1) is 14.0. The molecule has 0 fully saturated rings. The van der Waals surface area contributed by atoms with Gasteiger partial charge < -0.3 is 15.0 Å². The van der Waals surface area contributed by atoms with Gasteiger partial charge in [0.15, 0.2) is 0 Å². The molecule has 1 heterocycles. The van der Waals surface area contributed by atoms with E-state index < -0.39 is 11.5 Å². The fourth-order valence-corrected chi connectivity index (χ4v) is 1.93. The molecule has 0 aliphatic carbocycles. The van der Waals surface area contributed by atoms with Gasteiger partial charge in [-0.15, -0.1) is 0 Å². The first-order valence-electron chi connectivity index (χ1n) is 6.40. The van der Waals surface area contributed by atoms with E-state index in [4.69, 9.17) is 5.11 Å². The lowest BCUT2D eigenvalue weighted by atomic mass is 9.99. The van der Waals surface area contributed by atoms with E-state index in [1.54, 1.807) is 17.8 Å². The molecule has 0 aliphatic rings. The van der Waals surface area contributed by atoms with Gasteiger partial charge in [-0.25, -0.2) is 9.78 Å². The van der Waals surface area contributed by atoms with Crippen molar-refractivity contribution in [2.45, 2.75) is 32.4 Å². The minimum Gasteiger partial charge on any atom is -0.480 e. The smallest absolute Gasteiger partial charge is 0.329 e. The van der Waals surface area contributed by atoms with Crippen molar-refractivity contribution in [1.29, 1.82) is 0 Å². The average Bonchev–Trinajstić information content (AvgIpc) is 2.82. The third-order valence-corrected chi connectivity index (χ3v) is 3.44. The fraction of sp³-hybridized carbons (Fsp3) is 0.357. The number of benzene rings is 1. The normalized spacial score (nSPS) is 13.9. The Morgan fingerprint density at radius 2 is 2.10 bits per heavy atom. The van der Waals surface area contributed by atoms with Gasteiger partial charge >= 0.3 is 5.97 Å². The molecule has 2 N–H and O–H groups in total. The predicted molar refractivity (Wildman–Crippen MR) is 74.2 cm³/mol. The molecule has 1 aromatic carbocycles. The number of nitrogens with zero attached hydrogens (tertiary/aromatic N) is 2. The van der Waals surface area contributed by atoms with E-state index in [-0.39, 0.29) is 12.5 Å². The van der Waals surface area contributed by atoms with E-state index in [9.17, 15) is 9.59 Å². The molecule has 0 bridgehead atoms. The van der Waals surface area contributed by atoms with Crippen molar-refractivity contribution in [2.75, 3.05) is 0 Å². The summed E-state index contributed by atoms with van der Waals surface area (Å²) >= 11 is 0. The zero-order chi connectivity index (χ0) is 14.8. The monoisotopic (exact) mass is 275 g/mol. The molecular formula is C14H17N3O3. The van der Waals surface area contributed by atoms with Gasteiger partial charge in [0, 0.05) is 0 Å². The summed E-state index contributed by atoms with van der Waals surface area (Å²) in [5.41, 5.74) is 0.404. The van der Waals surface area contributed by atoms with Crippen molar-refractivity contribution in [2.24, 2.45) is 0 Å². The first-order chi connectivity index (χ1) is 9.46. The van der Waals surface area contributed by atoms with Gasteiger partial charge in [-0.05, 0) is 25.5 Å². The lowest BCUT2D eigenvalue weighted by Gasteiger charge is -2.24. The van der Waals surface area contributed by atoms with Crippen molar-refractivity contribution in [3.63, 3.8) is 0 Å². The number of para-hydroxylation sites is 2. The minimum atomic E-state index is -1.24. The number of hydrogen-bond acceptors (Lipinski definition) is 3. The van der Waals surface area contributed by atoms with Crippen LogP contribution in [-0.4, -0.2) is 32.1 Å². The molecule has 1 amide bonds. The van der Waals surface area contributed by atoms with Crippen molar-refractivity contribution in [3.05, 3.63) is 30.6 Å². The third-order valence-electron chi connectivity index (χ3n) is 3.44. The van der Waals surface area contributed by atoms with Crippen LogP contribution in [0.15, 0.2) is 30.6 Å². The minimum absolute atomic E-state index is 0.0450. The molecule has 6 nitrogen and oxygen atoms in total. The van der Waals surface area contributed by atoms with Crippen LogP contribution in [0.1, 0.15) is 20.3 Å². The largest absolute Gasteiger partial charge is 0.480 e. The second kappa shape index (κ2) is 5.32. The molecule has 1 unspecified atom stereocenters. The van der Waals surface area contributed by atoms with Crippen molar-refractivity contribution in [1.82, 2.24) is 14.9 Å². The topological polar surface area (TPSA) is 84.2 Å². The predicted octanol–water partition coefficient (Wildman–Crippen LogP) is 1.41. The van der Waals surface area contributed by atoms with E-state index in [1.807, 2.05) is 24.3 Å². The fourth-order valence-electron chi connectivity index (χ4n) is 1.93. The zero-order valence-corrected chi connectivity index (χ0v) is 11.5. The van der Waals surface area contributed by atoms with E-state index in [2.05, 4.69) is 10.3 Å². The van der Waals surface area contributed by atoms with Crippen molar-refractivity contribution < 1.29 is 14.7 Å². The van der Waals surface area contributed by atoms with Gasteiger partial charge in [0.1, 0.15) is 12.1 Å². The Balaban J connectivity index is 2.14. The number of carbonyl (C=O) groups is 2. The number of nitrogens with one attached hydrogen (secondary N) is 1. The zero-order valence-electron chi connectivity index (χ0n) is 11.5. The van der Waals surface area contributed by atoms with Crippen LogP contribution in [0.4, 0.5) is 0 Å². The molecule has 0 saturated heterocycles. The molecular weight excluding hydrogens is 258 g/mol. The van der Waals surface area contributed by atoms with Crippen LogP contribution in [0.3, 0.4) is 0 Å². The summed E-state index contributed by atoms with van der Waals surface area (Å²) in [4.78, 5) is 27.4. The number of carboxylic acid groups (broad SMARTS) is 1. The SMILES string of the molecule is CCC(C)(NC(=O)Cn1cnc2ccccc21)C(=O)O. The van der Waals surface area contributed by atoms with Gasteiger partial charge in [0.2, 0.25) is 5.91 Å². The number of carboxylic acids is 1. The van der Waals surface area contributed by atoms with Crippen LogP contribution >= 0.6 is 0 Å². The number of hydrogen-bond donors (Lipinski definition) is 2. The van der Waals surface area contributed by atoms with E-state index in [0.717, 1.165) is 11.0 Å². The van der Waals surface area contributed by atoms with Crippen LogP contribution < -0.4 is 5.32 Å². The maximum Gasteiger partial charge on any atom is 0.329 e. The Morgan fingerprint density at radius 3 is 2.75 bits per heavy atom. The van der Waals surface area contributed by atoms with E-state index in [0.29, 0.717) is 6.42 Å². The van der Waals surface area contributed by atoms with Gasteiger partial charge in [-0.2, -0.15) is 0 Å². The van der Waals surface area contributed by atoms with Crippen molar-refractivity contribution in [3.8, 4) is 0 Å². The lowest BCUT2D eigenvalue weighted by molar-refractivity contribution is -0.147. The van der Waals surface area contributed by atoms with Gasteiger partial charge in [-0.1, -0.05) is 19.1 Å². The number of aromatic nitrogens is 2. The molecule has 6 heteroatoms. The van der Waals surface area contributed by atoms with Crippen LogP contribution in [0, 0.1) is 0 Å². The highest BCUT2D eigenvalue weighted by Crippen LogP contribution is 2.13. The highest BCUT2D eigenvalue weighted by Gasteiger charge is 2.32. The molecule has 2 aromatic rings. The molecule has 0 spiro atoms. The summed E-state index contributed by atoms with van der Waals surface area (Å²) in [7, 11) is 0. The van der Waals surface area contributed by atoms with Crippen LogP contribution in [0.25, 0.3) is 11.0 Å². The number of aliphatic carboxylic acids is 1. The highest BCUT2D eigenvalue weighted by atomic mass is 16.4. The Labute approximate surface area is 116 Å². The summed E-state index contributed by atoms with van der Waals surface area (Å²) in [6.07, 6.45) is 1.90. The van der Waals surface area contributed by atoms with Crippen molar-refractivity contribution >= 4 is 22.9 Å². The van der Waals surface area contributed by atoms with Gasteiger partial charge in [-0.3, -0.25) is 4.79 Å². The standard InChI is InChI=1S/C14H17N3O3/c1-3-14(2,13(19)20)16-12(18)8-17-9-15-10-6-4-5-7-11(10)17/h4-7,9H,3,8H2,1-2H3,(H,16,18)(H,19,20). The molecule has 0 aliphatic heterocycles. The average molecular weight is 275 g/mol. The molecule has 2 rings (SSSR count). The van der Waals surface area contributed by atoms with Crippen LogP contribution in [0.2, 0.25) is 0 Å². The Kier molecular flexibility index (Phi) is 3.74. The molecule has 1 atom stereocenters. The first-order valence-corrected chi connectivity index (χ1v) is 6.40. The Morgan fingerprint density at radius 1 is 1.40 bits per heavy atom. The molecule has 0 saturated carbocycles. The Bertz CT molecular complexity index is 650. The summed E-state index contributed by atoms with van der Waals surface area (Å²) in [5, 5.41) is 11.7. The number of imidazole rings is 1. The number of amides is 1. The van der Waals surface area contributed by atoms with Gasteiger partial charge in [0.05, 0.1) is 17.4 Å². The second-order valence-corrected chi connectivity index (χ2v) is 4.90. The number of rotatable bonds is 5. The maximum absolute atomic E-state index is 12.0. The van der Waals surface area contributed by atoms with Gasteiger partial charge in [0.25, 0.3) is 0 Å². The number of carbonyl (C=O) groups excluding carboxylic acids is 1. The van der Waals surface area contributed by atoms with E-state index >= 15 is 0 Å². The molecule has 106 valence electrons. The summed E-state index contributed by atoms with van der Waals surface area (Å²) < 4.78 is 1.70. The summed E-state index contributed by atoms with van der Waals surface area (Å²) in [5.74, 6) is -1.39. The van der Waals surface area contributed by atoms with Crippen LogP contribution in [0.5, 0.6) is 0 Å². The maximum atomic E-state index is 12.0. The summed E-state index contributed by atoms with van der Waals surface area (Å²) in [6, 6.07) is 7.47. The molecule has 1 aromatic heterocycles. The third kappa shape index (κ3) is 2.64. The molecule has 20 heavy (non-hydrogen) atoms. The van der Waals surface area contributed by atoms with E-state index in [1.165, 1.54) is 6.92 Å². The molecule has 0 radical (unpaired) electrons. The highest BCUT2D eigenvalue weighted by molar-refractivity contribution is 5.87. The Hall–Kier alpha value is -2.37. The quantitative estimate of drug-likeness (QED) is 0.864. The second-order valence-electron chi connectivity index (χ2n) is 4.90.